The van der Waals surface area contributed by atoms with Gasteiger partial charge in [-0.25, -0.2) is 0 Å². The van der Waals surface area contributed by atoms with Crippen LogP contribution in [-0.4, -0.2) is 11.0 Å². The Hall–Kier alpha value is -2.18. The van der Waals surface area contributed by atoms with E-state index in [1.54, 1.807) is 6.07 Å². The Kier molecular flexibility index (Phi) is 3.66. The van der Waals surface area contributed by atoms with Gasteiger partial charge in [0.15, 0.2) is 5.72 Å². The van der Waals surface area contributed by atoms with Gasteiger partial charge in [0.2, 0.25) is 0 Å². The Labute approximate surface area is 153 Å². The van der Waals surface area contributed by atoms with Gasteiger partial charge in [0.05, 0.1) is 0 Å². The maximum absolute atomic E-state index is 13.0. The van der Waals surface area contributed by atoms with Crippen LogP contribution in [0.25, 0.3) is 0 Å². The summed E-state index contributed by atoms with van der Waals surface area (Å²) >= 11 is 2.22. The van der Waals surface area contributed by atoms with Gasteiger partial charge in [-0.2, -0.15) is 0 Å². The molecule has 0 bridgehead atoms. The van der Waals surface area contributed by atoms with E-state index in [4.69, 9.17) is 0 Å². The highest BCUT2D eigenvalue weighted by atomic mass is 127. The average Bonchev–Trinajstić information content (AvgIpc) is 2.86. The first-order valence-corrected chi connectivity index (χ1v) is 8.68. The first-order valence-electron chi connectivity index (χ1n) is 7.60. The van der Waals surface area contributed by atoms with Gasteiger partial charge in [0.1, 0.15) is 0 Å². The van der Waals surface area contributed by atoms with Gasteiger partial charge in [0.25, 0.3) is 5.91 Å². The monoisotopic (exact) mass is 427 g/mol. The molecule has 1 unspecified atom stereocenters. The van der Waals surface area contributed by atoms with Gasteiger partial charge in [-0.15, -0.1) is 0 Å². The summed E-state index contributed by atoms with van der Waals surface area (Å²) in [5, 5.41) is 11.7. The Bertz CT molecular complexity index is 908. The fourth-order valence-electron chi connectivity index (χ4n) is 3.21. The third-order valence-electron chi connectivity index (χ3n) is 4.32. The number of amides is 1. The summed E-state index contributed by atoms with van der Waals surface area (Å²) in [6, 6.07) is 24.1. The number of nitrogens with zero attached hydrogens (tertiary/aromatic N) is 1. The highest BCUT2D eigenvalue weighted by Gasteiger charge is 2.50. The molecule has 0 aromatic heterocycles. The minimum atomic E-state index is -1.51. The molecule has 1 aliphatic heterocycles. The quantitative estimate of drug-likeness (QED) is 0.625. The van der Waals surface area contributed by atoms with Crippen molar-refractivity contribution in [2.24, 2.45) is 0 Å². The lowest BCUT2D eigenvalue weighted by Gasteiger charge is -2.34. The highest BCUT2D eigenvalue weighted by Crippen LogP contribution is 2.44. The Morgan fingerprint density at radius 3 is 2.17 bits per heavy atom. The minimum absolute atomic E-state index is 0.196. The first-order chi connectivity index (χ1) is 11.6. The lowest BCUT2D eigenvalue weighted by atomic mass is 9.93. The van der Waals surface area contributed by atoms with Crippen molar-refractivity contribution in [3.63, 3.8) is 0 Å². The fraction of sp³-hybridized carbons (Fsp3) is 0.0500. The van der Waals surface area contributed by atoms with E-state index in [0.717, 1.165) is 3.57 Å². The van der Waals surface area contributed by atoms with Crippen LogP contribution in [0.3, 0.4) is 0 Å². The largest absolute Gasteiger partial charge is 0.363 e. The number of carbonyl (C=O) groups excluding carboxylic acids is 1. The molecule has 0 radical (unpaired) electrons. The standard InChI is InChI=1S/C20H14INO2/c21-15-10-12-16(13-11-15)22-19(23)17-8-4-5-9-18(17)20(22,24)14-6-2-1-3-7-14/h1-13,24H. The van der Waals surface area contributed by atoms with E-state index < -0.39 is 5.72 Å². The molecule has 3 nitrogen and oxygen atoms in total. The molecule has 0 aliphatic carbocycles. The van der Waals surface area contributed by atoms with Crippen LogP contribution in [0.5, 0.6) is 0 Å². The molecular formula is C20H14INO2. The van der Waals surface area contributed by atoms with Gasteiger partial charge in [0, 0.05) is 25.9 Å². The van der Waals surface area contributed by atoms with Crippen molar-refractivity contribution in [3.8, 4) is 0 Å². The molecule has 0 saturated carbocycles. The number of fused-ring (bicyclic) bond motifs is 1. The van der Waals surface area contributed by atoms with E-state index in [0.29, 0.717) is 22.4 Å². The summed E-state index contributed by atoms with van der Waals surface area (Å²) in [5.41, 5.74) is 0.967. The Morgan fingerprint density at radius 1 is 0.833 bits per heavy atom. The van der Waals surface area contributed by atoms with Crippen LogP contribution in [0.1, 0.15) is 21.5 Å². The Morgan fingerprint density at radius 2 is 1.46 bits per heavy atom. The third kappa shape index (κ3) is 2.17. The summed E-state index contributed by atoms with van der Waals surface area (Å²) in [6.07, 6.45) is 0. The zero-order valence-electron chi connectivity index (χ0n) is 12.7. The van der Waals surface area contributed by atoms with Gasteiger partial charge >= 0.3 is 0 Å². The summed E-state index contributed by atoms with van der Waals surface area (Å²) < 4.78 is 1.07. The van der Waals surface area contributed by atoms with Crippen molar-refractivity contribution in [1.29, 1.82) is 0 Å². The molecule has 118 valence electrons. The second kappa shape index (κ2) is 5.72. The normalized spacial score (nSPS) is 19.4. The zero-order chi connectivity index (χ0) is 16.7. The molecule has 4 rings (SSSR count). The molecule has 1 aliphatic rings. The summed E-state index contributed by atoms with van der Waals surface area (Å²) in [6.45, 7) is 0. The lowest BCUT2D eigenvalue weighted by Crippen LogP contribution is -2.45. The molecule has 1 N–H and O–H groups in total. The molecular weight excluding hydrogens is 413 g/mol. The third-order valence-corrected chi connectivity index (χ3v) is 5.04. The van der Waals surface area contributed by atoms with Crippen molar-refractivity contribution in [2.45, 2.75) is 5.72 Å². The van der Waals surface area contributed by atoms with E-state index >= 15 is 0 Å². The van der Waals surface area contributed by atoms with Crippen LogP contribution in [0.4, 0.5) is 5.69 Å². The van der Waals surface area contributed by atoms with Crippen molar-refractivity contribution < 1.29 is 9.90 Å². The molecule has 1 atom stereocenters. The molecule has 1 amide bonds. The second-order valence-electron chi connectivity index (χ2n) is 5.70. The number of anilines is 1. The molecule has 0 spiro atoms. The summed E-state index contributed by atoms with van der Waals surface area (Å²) in [7, 11) is 0. The predicted molar refractivity (Wildman–Crippen MR) is 102 cm³/mol. The molecule has 4 heteroatoms. The van der Waals surface area contributed by atoms with E-state index in [2.05, 4.69) is 22.6 Å². The number of benzene rings is 3. The Balaban J connectivity index is 1.98. The number of rotatable bonds is 2. The number of halogens is 1. The number of aliphatic hydroxyl groups is 1. The molecule has 3 aromatic carbocycles. The lowest BCUT2D eigenvalue weighted by molar-refractivity contribution is 0.0703. The maximum Gasteiger partial charge on any atom is 0.261 e. The maximum atomic E-state index is 13.0. The van der Waals surface area contributed by atoms with Crippen LogP contribution in [0.15, 0.2) is 78.9 Å². The molecule has 0 saturated heterocycles. The highest BCUT2D eigenvalue weighted by molar-refractivity contribution is 14.1. The van der Waals surface area contributed by atoms with Crippen molar-refractivity contribution >= 4 is 34.2 Å². The number of carbonyl (C=O) groups is 1. The molecule has 24 heavy (non-hydrogen) atoms. The summed E-state index contributed by atoms with van der Waals surface area (Å²) in [4.78, 5) is 14.5. The predicted octanol–water partition coefficient (Wildman–Crippen LogP) is 4.15. The smallest absolute Gasteiger partial charge is 0.261 e. The minimum Gasteiger partial charge on any atom is -0.363 e. The molecule has 3 aromatic rings. The molecule has 0 fully saturated rings. The second-order valence-corrected chi connectivity index (χ2v) is 6.95. The van der Waals surface area contributed by atoms with E-state index in [-0.39, 0.29) is 5.91 Å². The van der Waals surface area contributed by atoms with Gasteiger partial charge in [-0.3, -0.25) is 9.69 Å². The van der Waals surface area contributed by atoms with E-state index in [1.165, 1.54) is 4.90 Å². The first kappa shape index (κ1) is 15.4. The number of hydrogen-bond donors (Lipinski definition) is 1. The van der Waals surface area contributed by atoms with Crippen LogP contribution in [-0.2, 0) is 5.72 Å². The molecule has 1 heterocycles. The van der Waals surface area contributed by atoms with Crippen molar-refractivity contribution in [2.75, 3.05) is 4.90 Å². The summed E-state index contributed by atoms with van der Waals surface area (Å²) in [5.74, 6) is -0.196. The van der Waals surface area contributed by atoms with Gasteiger partial charge in [-0.05, 0) is 52.9 Å². The topological polar surface area (TPSA) is 40.5 Å². The van der Waals surface area contributed by atoms with Gasteiger partial charge in [-0.1, -0.05) is 48.5 Å². The average molecular weight is 427 g/mol. The van der Waals surface area contributed by atoms with E-state index in [9.17, 15) is 9.90 Å². The van der Waals surface area contributed by atoms with Crippen LogP contribution >= 0.6 is 22.6 Å². The van der Waals surface area contributed by atoms with Crippen molar-refractivity contribution in [1.82, 2.24) is 0 Å². The SMILES string of the molecule is O=C1c2ccccc2C(O)(c2ccccc2)N1c1ccc(I)cc1. The van der Waals surface area contributed by atoms with Gasteiger partial charge < -0.3 is 5.11 Å². The van der Waals surface area contributed by atoms with Crippen LogP contribution < -0.4 is 4.90 Å². The number of hydrogen-bond acceptors (Lipinski definition) is 2. The van der Waals surface area contributed by atoms with Crippen LogP contribution in [0, 0.1) is 3.57 Å². The van der Waals surface area contributed by atoms with Crippen molar-refractivity contribution in [3.05, 3.63) is 99.1 Å². The zero-order valence-corrected chi connectivity index (χ0v) is 14.8. The van der Waals surface area contributed by atoms with E-state index in [1.807, 2.05) is 72.8 Å². The van der Waals surface area contributed by atoms with Crippen LogP contribution in [0.2, 0.25) is 0 Å². The fourth-order valence-corrected chi connectivity index (χ4v) is 3.57.